The van der Waals surface area contributed by atoms with Gasteiger partial charge in [0.25, 0.3) is 0 Å². The Hall–Kier alpha value is -1.42. The fourth-order valence-corrected chi connectivity index (χ4v) is 1.71. The molecule has 1 aliphatic rings. The summed E-state index contributed by atoms with van der Waals surface area (Å²) in [6.45, 7) is 3.69. The fraction of sp³-hybridized carbons (Fsp3) is 0.167. The zero-order valence-corrected chi connectivity index (χ0v) is 9.49. The zero-order chi connectivity index (χ0) is 12.6. The third kappa shape index (κ3) is 2.31. The lowest BCUT2D eigenvalue weighted by Gasteiger charge is -2.22. The summed E-state index contributed by atoms with van der Waals surface area (Å²) in [5.74, 6) is -3.91. The van der Waals surface area contributed by atoms with Gasteiger partial charge in [-0.1, -0.05) is 12.7 Å². The molecule has 90 valence electrons. The molecule has 1 heterocycles. The lowest BCUT2D eigenvalue weighted by Crippen LogP contribution is -2.23. The fourth-order valence-electron chi connectivity index (χ4n) is 1.57. The van der Waals surface area contributed by atoms with Crippen molar-refractivity contribution in [2.45, 2.75) is 11.8 Å². The smallest absolute Gasteiger partial charge is 0.194 e. The summed E-state index contributed by atoms with van der Waals surface area (Å²) < 4.78 is 38.9. The van der Waals surface area contributed by atoms with Crippen molar-refractivity contribution < 1.29 is 13.2 Å². The van der Waals surface area contributed by atoms with Crippen molar-refractivity contribution in [2.75, 3.05) is 0 Å². The summed E-state index contributed by atoms with van der Waals surface area (Å²) in [6.07, 6.45) is 2.20. The SMILES string of the molecule is C=C1NC(c2cc(F)c(F)c(F)c2)=CCC1Cl. The molecule has 0 saturated carbocycles. The molecule has 2 rings (SSSR count). The van der Waals surface area contributed by atoms with Crippen LogP contribution in [0.5, 0.6) is 0 Å². The van der Waals surface area contributed by atoms with Crippen molar-refractivity contribution in [3.05, 3.63) is 53.5 Å². The van der Waals surface area contributed by atoms with Crippen molar-refractivity contribution in [3.63, 3.8) is 0 Å². The maximum atomic E-state index is 13.1. The van der Waals surface area contributed by atoms with Gasteiger partial charge in [-0.25, -0.2) is 13.2 Å². The number of alkyl halides is 1. The van der Waals surface area contributed by atoms with Crippen LogP contribution in [-0.2, 0) is 0 Å². The maximum absolute atomic E-state index is 13.1. The Bertz CT molecular complexity index is 487. The Morgan fingerprint density at radius 2 is 1.82 bits per heavy atom. The van der Waals surface area contributed by atoms with Crippen LogP contribution in [-0.4, -0.2) is 5.38 Å². The molecule has 0 fully saturated rings. The molecular weight excluding hydrogens is 251 g/mol. The monoisotopic (exact) mass is 259 g/mol. The summed E-state index contributed by atoms with van der Waals surface area (Å²) in [4.78, 5) is 0. The summed E-state index contributed by atoms with van der Waals surface area (Å²) >= 11 is 5.89. The Morgan fingerprint density at radius 3 is 2.35 bits per heavy atom. The van der Waals surface area contributed by atoms with Crippen LogP contribution in [0.2, 0.25) is 0 Å². The van der Waals surface area contributed by atoms with E-state index in [0.29, 0.717) is 17.8 Å². The second-order valence-electron chi connectivity index (χ2n) is 3.73. The maximum Gasteiger partial charge on any atom is 0.194 e. The van der Waals surface area contributed by atoms with Crippen molar-refractivity contribution in [2.24, 2.45) is 0 Å². The minimum Gasteiger partial charge on any atom is -0.358 e. The Balaban J connectivity index is 2.39. The van der Waals surface area contributed by atoms with E-state index >= 15 is 0 Å². The normalized spacial score (nSPS) is 19.9. The molecule has 17 heavy (non-hydrogen) atoms. The van der Waals surface area contributed by atoms with Gasteiger partial charge in [0.15, 0.2) is 17.5 Å². The highest BCUT2D eigenvalue weighted by Gasteiger charge is 2.18. The number of halogens is 4. The second-order valence-corrected chi connectivity index (χ2v) is 4.25. The van der Waals surface area contributed by atoms with E-state index in [1.165, 1.54) is 0 Å². The van der Waals surface area contributed by atoms with Crippen LogP contribution in [0, 0.1) is 17.5 Å². The minimum atomic E-state index is -1.47. The molecule has 1 aliphatic heterocycles. The van der Waals surface area contributed by atoms with E-state index in [-0.39, 0.29) is 10.9 Å². The van der Waals surface area contributed by atoms with E-state index < -0.39 is 17.5 Å². The Labute approximate surface area is 102 Å². The summed E-state index contributed by atoms with van der Waals surface area (Å²) in [5, 5.41) is 2.58. The lowest BCUT2D eigenvalue weighted by atomic mass is 10.0. The molecule has 0 radical (unpaired) electrons. The average Bonchev–Trinajstić information content (AvgIpc) is 2.29. The van der Waals surface area contributed by atoms with Crippen LogP contribution >= 0.6 is 11.6 Å². The van der Waals surface area contributed by atoms with Gasteiger partial charge in [0.05, 0.1) is 5.38 Å². The topological polar surface area (TPSA) is 12.0 Å². The van der Waals surface area contributed by atoms with Gasteiger partial charge in [0.2, 0.25) is 0 Å². The zero-order valence-electron chi connectivity index (χ0n) is 8.74. The van der Waals surface area contributed by atoms with Crippen LogP contribution in [0.25, 0.3) is 5.70 Å². The Kier molecular flexibility index (Phi) is 3.15. The van der Waals surface area contributed by atoms with Crippen molar-refractivity contribution in [3.8, 4) is 0 Å². The molecule has 0 spiro atoms. The van der Waals surface area contributed by atoms with E-state index in [4.69, 9.17) is 11.6 Å². The number of benzene rings is 1. The van der Waals surface area contributed by atoms with Crippen LogP contribution in [0.3, 0.4) is 0 Å². The van der Waals surface area contributed by atoms with Crippen LogP contribution in [0.1, 0.15) is 12.0 Å². The van der Waals surface area contributed by atoms with E-state index in [2.05, 4.69) is 11.9 Å². The Morgan fingerprint density at radius 1 is 1.24 bits per heavy atom. The van der Waals surface area contributed by atoms with E-state index in [1.54, 1.807) is 6.08 Å². The van der Waals surface area contributed by atoms with Gasteiger partial charge >= 0.3 is 0 Å². The number of nitrogens with one attached hydrogen (secondary N) is 1. The molecule has 1 aromatic carbocycles. The highest BCUT2D eigenvalue weighted by Crippen LogP contribution is 2.25. The van der Waals surface area contributed by atoms with E-state index in [0.717, 1.165) is 12.1 Å². The molecule has 0 amide bonds. The van der Waals surface area contributed by atoms with Crippen LogP contribution in [0.4, 0.5) is 13.2 Å². The molecule has 1 nitrogen and oxygen atoms in total. The summed E-state index contributed by atoms with van der Waals surface area (Å²) in [5.41, 5.74) is 1.25. The van der Waals surface area contributed by atoms with Gasteiger partial charge in [-0.15, -0.1) is 11.6 Å². The number of rotatable bonds is 1. The van der Waals surface area contributed by atoms with Gasteiger partial charge in [0, 0.05) is 17.0 Å². The minimum absolute atomic E-state index is 0.228. The van der Waals surface area contributed by atoms with Crippen LogP contribution < -0.4 is 5.32 Å². The third-order valence-electron chi connectivity index (χ3n) is 2.50. The molecule has 1 unspecified atom stereocenters. The highest BCUT2D eigenvalue weighted by molar-refractivity contribution is 6.22. The number of allylic oxidation sites excluding steroid dienone is 2. The molecule has 0 saturated heterocycles. The van der Waals surface area contributed by atoms with Gasteiger partial charge in [-0.05, 0) is 18.6 Å². The molecule has 1 aromatic rings. The predicted molar refractivity (Wildman–Crippen MR) is 60.8 cm³/mol. The van der Waals surface area contributed by atoms with Gasteiger partial charge in [0.1, 0.15) is 0 Å². The lowest BCUT2D eigenvalue weighted by molar-refractivity contribution is 0.446. The van der Waals surface area contributed by atoms with E-state index in [9.17, 15) is 13.2 Å². The molecule has 0 aromatic heterocycles. The first-order chi connectivity index (χ1) is 7.99. The van der Waals surface area contributed by atoms with Gasteiger partial charge in [-0.3, -0.25) is 0 Å². The predicted octanol–water partition coefficient (Wildman–Crippen LogP) is 3.56. The highest BCUT2D eigenvalue weighted by atomic mass is 35.5. The van der Waals surface area contributed by atoms with Gasteiger partial charge in [-0.2, -0.15) is 0 Å². The standard InChI is InChI=1S/C12H9ClF3N/c1-6-8(13)2-3-11(17-6)7-4-9(14)12(16)10(15)5-7/h3-5,8,17H,1-2H2. The first-order valence-corrected chi connectivity index (χ1v) is 5.37. The number of hydrogen-bond donors (Lipinski definition) is 1. The van der Waals surface area contributed by atoms with E-state index in [1.807, 2.05) is 0 Å². The molecule has 1 atom stereocenters. The molecule has 5 heteroatoms. The first kappa shape index (κ1) is 12.0. The van der Waals surface area contributed by atoms with Crippen molar-refractivity contribution in [1.82, 2.24) is 5.32 Å². The average molecular weight is 260 g/mol. The summed E-state index contributed by atoms with van der Waals surface area (Å²) in [6, 6.07) is 1.86. The molecule has 0 aliphatic carbocycles. The molecule has 1 N–H and O–H groups in total. The molecule has 0 bridgehead atoms. The molecular formula is C12H9ClF3N. The number of hydrogen-bond acceptors (Lipinski definition) is 1. The van der Waals surface area contributed by atoms with Crippen molar-refractivity contribution >= 4 is 17.3 Å². The largest absolute Gasteiger partial charge is 0.358 e. The first-order valence-electron chi connectivity index (χ1n) is 4.94. The quantitative estimate of drug-likeness (QED) is 0.601. The summed E-state index contributed by atoms with van der Waals surface area (Å²) in [7, 11) is 0. The second kappa shape index (κ2) is 4.45. The third-order valence-corrected chi connectivity index (χ3v) is 2.94. The van der Waals surface area contributed by atoms with Crippen LogP contribution in [0.15, 0.2) is 30.5 Å². The van der Waals surface area contributed by atoms with Crippen molar-refractivity contribution in [1.29, 1.82) is 0 Å². The van der Waals surface area contributed by atoms with Gasteiger partial charge < -0.3 is 5.32 Å².